The van der Waals surface area contributed by atoms with E-state index >= 15 is 0 Å². The molecule has 1 aliphatic carbocycles. The van der Waals surface area contributed by atoms with Crippen LogP contribution < -0.4 is 5.32 Å². The monoisotopic (exact) mass is 323 g/mol. The standard InChI is InChI=1S/C17H22ClNO3/c1-22-17(21)15(11-13-9-5-6-10-14(13)18)19-16(20)12-7-3-2-4-8-12/h5-6,9-10,12,15H,2-4,7-8,11H2,1H3,(H,19,20)/t15-/m0/s1. The summed E-state index contributed by atoms with van der Waals surface area (Å²) >= 11 is 6.14. The molecule has 120 valence electrons. The highest BCUT2D eigenvalue weighted by molar-refractivity contribution is 6.31. The van der Waals surface area contributed by atoms with Crippen LogP contribution in [0.2, 0.25) is 5.02 Å². The molecule has 0 saturated heterocycles. The summed E-state index contributed by atoms with van der Waals surface area (Å²) in [5.41, 5.74) is 0.823. The van der Waals surface area contributed by atoms with Gasteiger partial charge in [0.1, 0.15) is 6.04 Å². The summed E-state index contributed by atoms with van der Waals surface area (Å²) in [5, 5.41) is 3.43. The first kappa shape index (κ1) is 16.8. The highest BCUT2D eigenvalue weighted by Crippen LogP contribution is 2.24. The zero-order chi connectivity index (χ0) is 15.9. The van der Waals surface area contributed by atoms with E-state index in [0.29, 0.717) is 11.4 Å². The number of hydrogen-bond donors (Lipinski definition) is 1. The normalized spacial score (nSPS) is 16.8. The molecular weight excluding hydrogens is 302 g/mol. The largest absolute Gasteiger partial charge is 0.467 e. The molecule has 1 aliphatic rings. The fourth-order valence-electron chi connectivity index (χ4n) is 2.87. The average Bonchev–Trinajstić information content (AvgIpc) is 2.56. The molecule has 0 aromatic heterocycles. The first-order valence-corrected chi connectivity index (χ1v) is 8.11. The van der Waals surface area contributed by atoms with E-state index in [2.05, 4.69) is 5.32 Å². The number of nitrogens with one attached hydrogen (secondary N) is 1. The lowest BCUT2D eigenvalue weighted by molar-refractivity contribution is -0.145. The summed E-state index contributed by atoms with van der Waals surface area (Å²) < 4.78 is 4.82. The van der Waals surface area contributed by atoms with Gasteiger partial charge in [-0.15, -0.1) is 0 Å². The number of carbonyl (C=O) groups excluding carboxylic acids is 2. The third-order valence-corrected chi connectivity index (χ3v) is 4.53. The molecule has 1 atom stereocenters. The van der Waals surface area contributed by atoms with Crippen molar-refractivity contribution in [1.82, 2.24) is 5.32 Å². The fraction of sp³-hybridized carbons (Fsp3) is 0.529. The first-order valence-electron chi connectivity index (χ1n) is 7.73. The minimum atomic E-state index is -0.695. The number of halogens is 1. The number of amides is 1. The molecule has 1 fully saturated rings. The lowest BCUT2D eigenvalue weighted by atomic mass is 9.88. The van der Waals surface area contributed by atoms with Crippen LogP contribution >= 0.6 is 11.6 Å². The lowest BCUT2D eigenvalue weighted by Gasteiger charge is -2.24. The van der Waals surface area contributed by atoms with Crippen LogP contribution in [0.5, 0.6) is 0 Å². The molecule has 0 heterocycles. The number of hydrogen-bond acceptors (Lipinski definition) is 3. The number of rotatable bonds is 5. The molecule has 1 amide bonds. The van der Waals surface area contributed by atoms with Gasteiger partial charge in [0.2, 0.25) is 5.91 Å². The molecule has 0 radical (unpaired) electrons. The number of esters is 1. The number of methoxy groups -OCH3 is 1. The average molecular weight is 324 g/mol. The van der Waals surface area contributed by atoms with Crippen molar-refractivity contribution in [2.24, 2.45) is 5.92 Å². The molecule has 0 spiro atoms. The van der Waals surface area contributed by atoms with Gasteiger partial charge in [-0.2, -0.15) is 0 Å². The van der Waals surface area contributed by atoms with Crippen LogP contribution in [0.4, 0.5) is 0 Å². The second-order valence-electron chi connectivity index (χ2n) is 5.71. The molecule has 5 heteroatoms. The topological polar surface area (TPSA) is 55.4 Å². The van der Waals surface area contributed by atoms with Crippen molar-refractivity contribution >= 4 is 23.5 Å². The summed E-state index contributed by atoms with van der Waals surface area (Å²) in [5.74, 6) is -0.488. The van der Waals surface area contributed by atoms with Gasteiger partial charge in [-0.3, -0.25) is 4.79 Å². The molecule has 1 aromatic carbocycles. The minimum absolute atomic E-state index is 0.00662. The maximum atomic E-state index is 12.4. The van der Waals surface area contributed by atoms with E-state index in [-0.39, 0.29) is 11.8 Å². The van der Waals surface area contributed by atoms with E-state index < -0.39 is 12.0 Å². The maximum Gasteiger partial charge on any atom is 0.328 e. The smallest absolute Gasteiger partial charge is 0.328 e. The number of ether oxygens (including phenoxy) is 1. The van der Waals surface area contributed by atoms with Crippen LogP contribution in [0, 0.1) is 5.92 Å². The van der Waals surface area contributed by atoms with E-state index in [4.69, 9.17) is 16.3 Å². The Morgan fingerprint density at radius 2 is 1.95 bits per heavy atom. The first-order chi connectivity index (χ1) is 10.6. The Kier molecular flexibility index (Phi) is 6.25. The van der Waals surface area contributed by atoms with Crippen molar-refractivity contribution in [1.29, 1.82) is 0 Å². The zero-order valence-electron chi connectivity index (χ0n) is 12.8. The molecule has 1 saturated carbocycles. The van der Waals surface area contributed by atoms with Gasteiger partial charge >= 0.3 is 5.97 Å². The lowest BCUT2D eigenvalue weighted by Crippen LogP contribution is -2.45. The predicted molar refractivity (Wildman–Crippen MR) is 85.7 cm³/mol. The van der Waals surface area contributed by atoms with E-state index in [9.17, 15) is 9.59 Å². The van der Waals surface area contributed by atoms with E-state index in [1.807, 2.05) is 18.2 Å². The summed E-state index contributed by atoms with van der Waals surface area (Å²) in [6.45, 7) is 0. The Bertz CT molecular complexity index is 526. The van der Waals surface area contributed by atoms with E-state index in [1.54, 1.807) is 6.07 Å². The second kappa shape index (κ2) is 8.18. The summed E-state index contributed by atoms with van der Waals surface area (Å²) in [6, 6.07) is 6.62. The summed E-state index contributed by atoms with van der Waals surface area (Å²) in [6.07, 6.45) is 5.46. The van der Waals surface area contributed by atoms with Gasteiger partial charge in [0.25, 0.3) is 0 Å². The fourth-order valence-corrected chi connectivity index (χ4v) is 3.09. The van der Waals surface area contributed by atoms with Gasteiger partial charge in [-0.05, 0) is 24.5 Å². The van der Waals surface area contributed by atoms with Crippen LogP contribution in [0.25, 0.3) is 0 Å². The van der Waals surface area contributed by atoms with Crippen molar-refractivity contribution in [2.75, 3.05) is 7.11 Å². The molecule has 22 heavy (non-hydrogen) atoms. The Balaban J connectivity index is 2.04. The molecule has 0 unspecified atom stereocenters. The van der Waals surface area contributed by atoms with Crippen LogP contribution in [0.15, 0.2) is 24.3 Å². The van der Waals surface area contributed by atoms with Crippen molar-refractivity contribution < 1.29 is 14.3 Å². The molecule has 4 nitrogen and oxygen atoms in total. The molecule has 1 aromatic rings. The predicted octanol–water partition coefficient (Wildman–Crippen LogP) is 3.12. The quantitative estimate of drug-likeness (QED) is 0.847. The van der Waals surface area contributed by atoms with E-state index in [1.165, 1.54) is 13.5 Å². The SMILES string of the molecule is COC(=O)[C@H](Cc1ccccc1Cl)NC(=O)C1CCCCC1. The zero-order valence-corrected chi connectivity index (χ0v) is 13.6. The van der Waals surface area contributed by atoms with Gasteiger partial charge in [-0.25, -0.2) is 4.79 Å². The van der Waals surface area contributed by atoms with Gasteiger partial charge in [0.15, 0.2) is 0 Å². The molecule has 2 rings (SSSR count). The van der Waals surface area contributed by atoms with Gasteiger partial charge < -0.3 is 10.1 Å². The highest BCUT2D eigenvalue weighted by Gasteiger charge is 2.27. The van der Waals surface area contributed by atoms with Gasteiger partial charge in [0.05, 0.1) is 7.11 Å². The Morgan fingerprint density at radius 3 is 2.59 bits per heavy atom. The van der Waals surface area contributed by atoms with Crippen LogP contribution in [-0.2, 0) is 20.7 Å². The molecule has 1 N–H and O–H groups in total. The van der Waals surface area contributed by atoms with Crippen molar-refractivity contribution in [3.05, 3.63) is 34.9 Å². The van der Waals surface area contributed by atoms with Crippen molar-refractivity contribution in [3.8, 4) is 0 Å². The van der Waals surface area contributed by atoms with Crippen molar-refractivity contribution in [2.45, 2.75) is 44.6 Å². The van der Waals surface area contributed by atoms with Crippen molar-refractivity contribution in [3.63, 3.8) is 0 Å². The maximum absolute atomic E-state index is 12.4. The number of carbonyl (C=O) groups is 2. The minimum Gasteiger partial charge on any atom is -0.467 e. The Morgan fingerprint density at radius 1 is 1.27 bits per heavy atom. The molecular formula is C17H22ClNO3. The van der Waals surface area contributed by atoms with Gasteiger partial charge in [-0.1, -0.05) is 49.1 Å². The third kappa shape index (κ3) is 4.47. The van der Waals surface area contributed by atoms with Crippen LogP contribution in [0.1, 0.15) is 37.7 Å². The summed E-state index contributed by atoms with van der Waals surface area (Å²) in [7, 11) is 1.33. The highest BCUT2D eigenvalue weighted by atomic mass is 35.5. The number of benzene rings is 1. The van der Waals surface area contributed by atoms with Gasteiger partial charge in [0, 0.05) is 17.4 Å². The summed E-state index contributed by atoms with van der Waals surface area (Å²) in [4.78, 5) is 24.3. The third-order valence-electron chi connectivity index (χ3n) is 4.16. The second-order valence-corrected chi connectivity index (χ2v) is 6.12. The Hall–Kier alpha value is -1.55. The molecule has 0 aliphatic heterocycles. The van der Waals surface area contributed by atoms with Crippen LogP contribution in [-0.4, -0.2) is 25.0 Å². The molecule has 0 bridgehead atoms. The Labute approximate surface area is 136 Å². The van der Waals surface area contributed by atoms with Crippen LogP contribution in [0.3, 0.4) is 0 Å². The van der Waals surface area contributed by atoms with E-state index in [0.717, 1.165) is 31.2 Å².